The molecule has 0 aliphatic heterocycles. The number of amides is 1. The van der Waals surface area contributed by atoms with Crippen molar-refractivity contribution >= 4 is 49.8 Å². The third kappa shape index (κ3) is 4.44. The Balaban J connectivity index is 1.96. The average molecular weight is 464 g/mol. The fraction of sp³-hybridized carbons (Fsp3) is 0.150. The van der Waals surface area contributed by atoms with Crippen molar-refractivity contribution in [1.82, 2.24) is 9.29 Å². The van der Waals surface area contributed by atoms with Gasteiger partial charge < -0.3 is 0 Å². The van der Waals surface area contributed by atoms with Gasteiger partial charge in [0.2, 0.25) is 10.0 Å². The number of halogens is 1. The molecule has 30 heavy (non-hydrogen) atoms. The molecule has 1 aromatic heterocycles. The summed E-state index contributed by atoms with van der Waals surface area (Å²) < 4.78 is 25.8. The van der Waals surface area contributed by atoms with E-state index >= 15 is 0 Å². The van der Waals surface area contributed by atoms with E-state index in [4.69, 9.17) is 11.6 Å². The number of anilines is 1. The monoisotopic (exact) mass is 463 g/mol. The molecule has 0 radical (unpaired) electrons. The number of rotatable bonds is 6. The van der Waals surface area contributed by atoms with Crippen molar-refractivity contribution in [2.45, 2.75) is 11.8 Å². The highest BCUT2D eigenvalue weighted by atomic mass is 35.5. The Morgan fingerprint density at radius 3 is 2.37 bits per heavy atom. The predicted molar refractivity (Wildman–Crippen MR) is 118 cm³/mol. The van der Waals surface area contributed by atoms with Crippen LogP contribution in [0.3, 0.4) is 0 Å². The quantitative estimate of drug-likeness (QED) is 0.553. The molecule has 0 fully saturated rings. The molecule has 0 bridgehead atoms. The molecule has 10 heteroatoms. The lowest BCUT2D eigenvalue weighted by Crippen LogP contribution is -2.23. The lowest BCUT2D eigenvalue weighted by Gasteiger charge is -2.13. The normalized spacial score (nSPS) is 11.5. The molecule has 0 aliphatic carbocycles. The van der Waals surface area contributed by atoms with Crippen LogP contribution in [0.15, 0.2) is 53.4 Å². The number of aromatic nitrogens is 1. The van der Waals surface area contributed by atoms with Gasteiger partial charge in [-0.1, -0.05) is 53.3 Å². The van der Waals surface area contributed by atoms with Crippen molar-refractivity contribution < 1.29 is 18.0 Å². The number of ketones is 1. The number of thiazole rings is 1. The second-order valence-corrected chi connectivity index (χ2v) is 10.1. The SMILES string of the molecule is CC(=O)c1sc(NC(=O)c2cc(S(=O)(=O)N(C)C)ccc2Cl)nc1-c1ccccc1. The van der Waals surface area contributed by atoms with Crippen molar-refractivity contribution in [2.75, 3.05) is 19.4 Å². The summed E-state index contributed by atoms with van der Waals surface area (Å²) in [5.74, 6) is -0.803. The highest BCUT2D eigenvalue weighted by molar-refractivity contribution is 7.89. The van der Waals surface area contributed by atoms with Crippen LogP contribution in [-0.2, 0) is 10.0 Å². The van der Waals surface area contributed by atoms with Gasteiger partial charge in [-0.25, -0.2) is 17.7 Å². The minimum absolute atomic E-state index is 0.0135. The van der Waals surface area contributed by atoms with E-state index in [2.05, 4.69) is 10.3 Å². The fourth-order valence-electron chi connectivity index (χ4n) is 2.62. The largest absolute Gasteiger partial charge is 0.298 e. The number of sulfonamides is 1. The highest BCUT2D eigenvalue weighted by Crippen LogP contribution is 2.32. The number of hydrogen-bond acceptors (Lipinski definition) is 6. The number of benzene rings is 2. The number of nitrogens with zero attached hydrogens (tertiary/aromatic N) is 2. The smallest absolute Gasteiger partial charge is 0.259 e. The number of Topliss-reactive ketones (excluding diaryl/α,β-unsaturated/α-hetero) is 1. The molecular formula is C20H18ClN3O4S2. The van der Waals surface area contributed by atoms with Gasteiger partial charge in [0.25, 0.3) is 5.91 Å². The van der Waals surface area contributed by atoms with E-state index in [9.17, 15) is 18.0 Å². The molecule has 0 atom stereocenters. The Labute approximate surface area is 183 Å². The highest BCUT2D eigenvalue weighted by Gasteiger charge is 2.22. The maximum absolute atomic E-state index is 12.8. The van der Waals surface area contributed by atoms with Crippen LogP contribution < -0.4 is 5.32 Å². The van der Waals surface area contributed by atoms with E-state index in [1.165, 1.54) is 39.2 Å². The molecule has 7 nitrogen and oxygen atoms in total. The molecule has 1 amide bonds. The molecule has 1 heterocycles. The first-order valence-corrected chi connectivity index (χ1v) is 11.4. The molecule has 2 aromatic carbocycles. The standard InChI is InChI=1S/C20H18ClN3O4S2/c1-12(25)18-17(13-7-5-4-6-8-13)22-20(29-18)23-19(26)15-11-14(9-10-16(15)21)30(27,28)24(2)3/h4-11H,1-3H3,(H,22,23,26). The molecule has 0 unspecified atom stereocenters. The summed E-state index contributed by atoms with van der Waals surface area (Å²) in [6.45, 7) is 1.43. The number of hydrogen-bond donors (Lipinski definition) is 1. The van der Waals surface area contributed by atoms with E-state index in [-0.39, 0.29) is 26.4 Å². The second-order valence-electron chi connectivity index (χ2n) is 6.50. The maximum Gasteiger partial charge on any atom is 0.259 e. The van der Waals surface area contributed by atoms with Gasteiger partial charge in [0, 0.05) is 26.6 Å². The van der Waals surface area contributed by atoms with Gasteiger partial charge in [-0.15, -0.1) is 0 Å². The molecule has 3 aromatic rings. The lowest BCUT2D eigenvalue weighted by molar-refractivity contribution is 0.101. The Morgan fingerprint density at radius 1 is 1.10 bits per heavy atom. The maximum atomic E-state index is 12.8. The lowest BCUT2D eigenvalue weighted by atomic mass is 10.1. The van der Waals surface area contributed by atoms with E-state index < -0.39 is 15.9 Å². The van der Waals surface area contributed by atoms with Gasteiger partial charge in [0.1, 0.15) is 0 Å². The summed E-state index contributed by atoms with van der Waals surface area (Å²) in [6, 6.07) is 13.0. The van der Waals surface area contributed by atoms with Gasteiger partial charge in [-0.3, -0.25) is 14.9 Å². The molecule has 0 spiro atoms. The Hall–Kier alpha value is -2.59. The van der Waals surface area contributed by atoms with E-state index in [0.717, 1.165) is 21.2 Å². The van der Waals surface area contributed by atoms with Gasteiger partial charge in [0.15, 0.2) is 10.9 Å². The Kier molecular flexibility index (Phi) is 6.37. The summed E-state index contributed by atoms with van der Waals surface area (Å²) in [5.41, 5.74) is 1.20. The topological polar surface area (TPSA) is 96.4 Å². The van der Waals surface area contributed by atoms with Crippen molar-refractivity contribution in [2.24, 2.45) is 0 Å². The molecule has 3 rings (SSSR count). The molecule has 0 aliphatic rings. The minimum atomic E-state index is -3.74. The summed E-state index contributed by atoms with van der Waals surface area (Å²) in [7, 11) is -0.942. The summed E-state index contributed by atoms with van der Waals surface area (Å²) in [6.07, 6.45) is 0. The zero-order valence-electron chi connectivity index (χ0n) is 16.3. The predicted octanol–water partition coefficient (Wildman–Crippen LogP) is 4.17. The first-order valence-electron chi connectivity index (χ1n) is 8.72. The van der Waals surface area contributed by atoms with Crippen LogP contribution in [-0.4, -0.2) is 43.5 Å². The molecule has 156 valence electrons. The van der Waals surface area contributed by atoms with Crippen LogP contribution in [0, 0.1) is 0 Å². The van der Waals surface area contributed by atoms with Crippen molar-refractivity contribution in [1.29, 1.82) is 0 Å². The summed E-state index contributed by atoms with van der Waals surface area (Å²) in [5, 5.41) is 2.92. The minimum Gasteiger partial charge on any atom is -0.298 e. The van der Waals surface area contributed by atoms with E-state index in [1.54, 1.807) is 0 Å². The Morgan fingerprint density at radius 2 is 1.77 bits per heavy atom. The summed E-state index contributed by atoms with van der Waals surface area (Å²) in [4.78, 5) is 29.6. The fourth-order valence-corrected chi connectivity index (χ4v) is 4.63. The number of carbonyl (C=O) groups excluding carboxylic acids is 2. The summed E-state index contributed by atoms with van der Waals surface area (Å²) >= 11 is 7.17. The Bertz CT molecular complexity index is 1220. The zero-order chi connectivity index (χ0) is 22.1. The zero-order valence-corrected chi connectivity index (χ0v) is 18.7. The van der Waals surface area contributed by atoms with Crippen LogP contribution >= 0.6 is 22.9 Å². The molecular weight excluding hydrogens is 446 g/mol. The van der Waals surface area contributed by atoms with Crippen LogP contribution in [0.2, 0.25) is 5.02 Å². The van der Waals surface area contributed by atoms with E-state index in [0.29, 0.717) is 10.6 Å². The van der Waals surface area contributed by atoms with Crippen LogP contribution in [0.5, 0.6) is 0 Å². The van der Waals surface area contributed by atoms with Crippen molar-refractivity contribution in [3.05, 3.63) is 64.0 Å². The van der Waals surface area contributed by atoms with Gasteiger partial charge in [-0.2, -0.15) is 0 Å². The third-order valence-electron chi connectivity index (χ3n) is 4.18. The van der Waals surface area contributed by atoms with Crippen LogP contribution in [0.4, 0.5) is 5.13 Å². The van der Waals surface area contributed by atoms with Gasteiger partial charge in [-0.05, 0) is 18.2 Å². The first-order chi connectivity index (χ1) is 14.1. The van der Waals surface area contributed by atoms with Crippen molar-refractivity contribution in [3.63, 3.8) is 0 Å². The number of carbonyl (C=O) groups is 2. The van der Waals surface area contributed by atoms with Crippen LogP contribution in [0.25, 0.3) is 11.3 Å². The van der Waals surface area contributed by atoms with Crippen LogP contribution in [0.1, 0.15) is 27.0 Å². The third-order valence-corrected chi connectivity index (χ3v) is 7.39. The molecule has 1 N–H and O–H groups in total. The average Bonchev–Trinajstić information content (AvgIpc) is 3.12. The first kappa shape index (κ1) is 22.1. The van der Waals surface area contributed by atoms with Crippen molar-refractivity contribution in [3.8, 4) is 11.3 Å². The van der Waals surface area contributed by atoms with E-state index in [1.807, 2.05) is 30.3 Å². The number of nitrogens with one attached hydrogen (secondary N) is 1. The second kappa shape index (κ2) is 8.65. The molecule has 0 saturated carbocycles. The van der Waals surface area contributed by atoms with Gasteiger partial charge in [0.05, 0.1) is 26.1 Å². The van der Waals surface area contributed by atoms with Gasteiger partial charge >= 0.3 is 0 Å². The molecule has 0 saturated heterocycles.